The number of carbonyl (C=O) groups is 1. The monoisotopic (exact) mass is 313 g/mol. The van der Waals surface area contributed by atoms with Crippen molar-refractivity contribution in [3.63, 3.8) is 0 Å². The number of aromatic nitrogens is 1. The van der Waals surface area contributed by atoms with Crippen molar-refractivity contribution >= 4 is 42.1 Å². The second-order valence-electron chi connectivity index (χ2n) is 4.06. The SMILES string of the molecule is CCc1cnc(CNC(=O)C(N)C(C)C)s1.Cl.Cl. The van der Waals surface area contributed by atoms with E-state index in [-0.39, 0.29) is 36.6 Å². The Morgan fingerprint density at radius 1 is 1.50 bits per heavy atom. The van der Waals surface area contributed by atoms with Crippen LogP contribution in [0.25, 0.3) is 0 Å². The molecule has 3 N–H and O–H groups in total. The van der Waals surface area contributed by atoms with E-state index in [4.69, 9.17) is 5.73 Å². The minimum Gasteiger partial charge on any atom is -0.348 e. The predicted molar refractivity (Wildman–Crippen MR) is 80.6 cm³/mol. The Morgan fingerprint density at radius 2 is 2.11 bits per heavy atom. The van der Waals surface area contributed by atoms with Gasteiger partial charge in [-0.05, 0) is 12.3 Å². The van der Waals surface area contributed by atoms with E-state index in [0.717, 1.165) is 11.4 Å². The van der Waals surface area contributed by atoms with Crippen molar-refractivity contribution in [2.45, 2.75) is 39.8 Å². The summed E-state index contributed by atoms with van der Waals surface area (Å²) in [7, 11) is 0. The molecule has 1 amide bonds. The number of hydrogen-bond acceptors (Lipinski definition) is 4. The first kappa shape index (κ1) is 20.0. The van der Waals surface area contributed by atoms with Crippen molar-refractivity contribution in [3.8, 4) is 0 Å². The molecule has 1 unspecified atom stereocenters. The largest absolute Gasteiger partial charge is 0.348 e. The van der Waals surface area contributed by atoms with E-state index in [1.54, 1.807) is 11.3 Å². The first-order valence-electron chi connectivity index (χ1n) is 5.51. The third-order valence-electron chi connectivity index (χ3n) is 2.38. The fourth-order valence-corrected chi connectivity index (χ4v) is 1.98. The van der Waals surface area contributed by atoms with Crippen LogP contribution in [0.3, 0.4) is 0 Å². The molecule has 0 aliphatic carbocycles. The minimum absolute atomic E-state index is 0. The van der Waals surface area contributed by atoms with Gasteiger partial charge >= 0.3 is 0 Å². The van der Waals surface area contributed by atoms with Crippen LogP contribution in [0.5, 0.6) is 0 Å². The van der Waals surface area contributed by atoms with Crippen molar-refractivity contribution in [2.75, 3.05) is 0 Å². The summed E-state index contributed by atoms with van der Waals surface area (Å²) >= 11 is 1.63. The first-order chi connectivity index (χ1) is 7.54. The van der Waals surface area contributed by atoms with Crippen molar-refractivity contribution in [1.29, 1.82) is 0 Å². The van der Waals surface area contributed by atoms with Crippen LogP contribution in [0.2, 0.25) is 0 Å². The molecule has 1 aromatic rings. The molecule has 7 heteroatoms. The van der Waals surface area contributed by atoms with Crippen LogP contribution in [0.15, 0.2) is 6.20 Å². The number of halogens is 2. The third kappa shape index (κ3) is 6.00. The van der Waals surface area contributed by atoms with Gasteiger partial charge in [-0.2, -0.15) is 0 Å². The average molecular weight is 314 g/mol. The summed E-state index contributed by atoms with van der Waals surface area (Å²) in [5.74, 6) is 0.0470. The number of amides is 1. The number of nitrogens with two attached hydrogens (primary N) is 1. The van der Waals surface area contributed by atoms with E-state index in [0.29, 0.717) is 6.54 Å². The summed E-state index contributed by atoms with van der Waals surface area (Å²) in [5, 5.41) is 3.73. The topological polar surface area (TPSA) is 68.0 Å². The van der Waals surface area contributed by atoms with Crippen LogP contribution in [0.4, 0.5) is 0 Å². The standard InChI is InChI=1S/C11H19N3OS.2ClH/c1-4-8-5-13-9(16-8)6-14-11(15)10(12)7(2)3;;/h5,7,10H,4,6,12H2,1-3H3,(H,14,15);2*1H. The molecule has 1 rings (SSSR count). The predicted octanol–water partition coefficient (Wildman–Crippen LogP) is 2.15. The second kappa shape index (κ2) is 9.55. The Bertz CT molecular complexity index is 358. The average Bonchev–Trinajstić information content (AvgIpc) is 2.72. The zero-order chi connectivity index (χ0) is 12.1. The van der Waals surface area contributed by atoms with Crippen LogP contribution < -0.4 is 11.1 Å². The lowest BCUT2D eigenvalue weighted by Crippen LogP contribution is -2.43. The molecule has 0 aliphatic rings. The molecule has 1 heterocycles. The van der Waals surface area contributed by atoms with Crippen LogP contribution in [0.1, 0.15) is 30.7 Å². The van der Waals surface area contributed by atoms with Crippen molar-refractivity contribution < 1.29 is 4.79 Å². The van der Waals surface area contributed by atoms with E-state index in [1.165, 1.54) is 4.88 Å². The van der Waals surface area contributed by atoms with E-state index < -0.39 is 6.04 Å². The highest BCUT2D eigenvalue weighted by atomic mass is 35.5. The van der Waals surface area contributed by atoms with Gasteiger partial charge in [-0.3, -0.25) is 4.79 Å². The molecule has 106 valence electrons. The maximum atomic E-state index is 11.6. The Morgan fingerprint density at radius 3 is 2.56 bits per heavy atom. The van der Waals surface area contributed by atoms with E-state index >= 15 is 0 Å². The fraction of sp³-hybridized carbons (Fsp3) is 0.636. The van der Waals surface area contributed by atoms with Crippen LogP contribution in [-0.2, 0) is 17.8 Å². The zero-order valence-electron chi connectivity index (χ0n) is 10.8. The first-order valence-corrected chi connectivity index (χ1v) is 6.33. The van der Waals surface area contributed by atoms with Gasteiger partial charge in [0.15, 0.2) is 0 Å². The summed E-state index contributed by atoms with van der Waals surface area (Å²) in [5.41, 5.74) is 5.73. The molecule has 1 aromatic heterocycles. The van der Waals surface area contributed by atoms with Gasteiger partial charge in [-0.15, -0.1) is 36.2 Å². The molecule has 0 spiro atoms. The number of nitrogens with zero attached hydrogens (tertiary/aromatic N) is 1. The Hall–Kier alpha value is -0.360. The van der Waals surface area contributed by atoms with Gasteiger partial charge in [-0.1, -0.05) is 20.8 Å². The van der Waals surface area contributed by atoms with Gasteiger partial charge in [0.25, 0.3) is 0 Å². The van der Waals surface area contributed by atoms with Gasteiger partial charge < -0.3 is 11.1 Å². The number of nitrogens with one attached hydrogen (secondary N) is 1. The number of hydrogen-bond donors (Lipinski definition) is 2. The van der Waals surface area contributed by atoms with Crippen LogP contribution in [-0.4, -0.2) is 16.9 Å². The molecule has 0 bridgehead atoms. The van der Waals surface area contributed by atoms with Gasteiger partial charge in [0, 0.05) is 11.1 Å². The van der Waals surface area contributed by atoms with E-state index in [9.17, 15) is 4.79 Å². The normalized spacial score (nSPS) is 11.4. The molecule has 0 fully saturated rings. The molecule has 4 nitrogen and oxygen atoms in total. The van der Waals surface area contributed by atoms with E-state index in [1.807, 2.05) is 20.0 Å². The molecule has 0 aliphatic heterocycles. The quantitative estimate of drug-likeness (QED) is 0.875. The minimum atomic E-state index is -0.439. The maximum Gasteiger partial charge on any atom is 0.237 e. The summed E-state index contributed by atoms with van der Waals surface area (Å²) in [6.07, 6.45) is 2.84. The highest BCUT2D eigenvalue weighted by Gasteiger charge is 2.16. The highest BCUT2D eigenvalue weighted by molar-refractivity contribution is 7.11. The summed E-state index contributed by atoms with van der Waals surface area (Å²) in [4.78, 5) is 17.0. The second-order valence-corrected chi connectivity index (χ2v) is 5.26. The van der Waals surface area contributed by atoms with Crippen LogP contribution >= 0.6 is 36.2 Å². The molecule has 0 radical (unpaired) electrons. The highest BCUT2D eigenvalue weighted by Crippen LogP contribution is 2.12. The molecule has 0 aromatic carbocycles. The van der Waals surface area contributed by atoms with Crippen molar-refractivity contribution in [2.24, 2.45) is 11.7 Å². The summed E-state index contributed by atoms with van der Waals surface area (Å²) in [6.45, 7) is 6.43. The maximum absolute atomic E-state index is 11.6. The Balaban J connectivity index is 0. The summed E-state index contributed by atoms with van der Waals surface area (Å²) in [6, 6.07) is -0.439. The van der Waals surface area contributed by atoms with Crippen molar-refractivity contribution in [1.82, 2.24) is 10.3 Å². The Labute approximate surface area is 125 Å². The molecule has 0 saturated carbocycles. The molecule has 18 heavy (non-hydrogen) atoms. The van der Waals surface area contributed by atoms with E-state index in [2.05, 4.69) is 17.2 Å². The van der Waals surface area contributed by atoms with Crippen LogP contribution in [0, 0.1) is 5.92 Å². The van der Waals surface area contributed by atoms with Crippen molar-refractivity contribution in [3.05, 3.63) is 16.1 Å². The van der Waals surface area contributed by atoms with Gasteiger partial charge in [0.2, 0.25) is 5.91 Å². The van der Waals surface area contributed by atoms with Gasteiger partial charge in [0.1, 0.15) is 5.01 Å². The number of aryl methyl sites for hydroxylation is 1. The number of rotatable bonds is 5. The van der Waals surface area contributed by atoms with Gasteiger partial charge in [0.05, 0.1) is 12.6 Å². The number of thiazole rings is 1. The lowest BCUT2D eigenvalue weighted by molar-refractivity contribution is -0.123. The summed E-state index contributed by atoms with van der Waals surface area (Å²) < 4.78 is 0. The smallest absolute Gasteiger partial charge is 0.237 e. The molecule has 1 atom stereocenters. The Kier molecular flexibility index (Phi) is 10.6. The van der Waals surface area contributed by atoms with Gasteiger partial charge in [-0.25, -0.2) is 4.98 Å². The fourth-order valence-electron chi connectivity index (χ4n) is 1.18. The molecular formula is C11H21Cl2N3OS. The lowest BCUT2D eigenvalue weighted by atomic mass is 10.1. The molecular weight excluding hydrogens is 293 g/mol. The number of carbonyl (C=O) groups excluding carboxylic acids is 1. The zero-order valence-corrected chi connectivity index (χ0v) is 13.3. The lowest BCUT2D eigenvalue weighted by Gasteiger charge is -2.14. The molecule has 0 saturated heterocycles. The third-order valence-corrected chi connectivity index (χ3v) is 3.53.